The summed E-state index contributed by atoms with van der Waals surface area (Å²) in [6.07, 6.45) is 0.469. The number of benzene rings is 1. The van der Waals surface area contributed by atoms with Crippen LogP contribution in [0.25, 0.3) is 0 Å². The molecule has 0 aromatic heterocycles. The molecule has 0 saturated heterocycles. The summed E-state index contributed by atoms with van der Waals surface area (Å²) in [6.45, 7) is 0.378. The minimum Gasteiger partial charge on any atom is -0.330 e. The Bertz CT molecular complexity index is 333. The molecule has 0 fully saturated rings. The molecule has 0 spiro atoms. The molecule has 1 rings (SSSR count). The number of hydrogen-bond donors (Lipinski definition) is 2. The third-order valence-electron chi connectivity index (χ3n) is 1.93. The van der Waals surface area contributed by atoms with Crippen molar-refractivity contribution in [2.45, 2.75) is 12.5 Å². The van der Waals surface area contributed by atoms with Crippen molar-refractivity contribution in [3.05, 3.63) is 33.6 Å². The molecule has 0 aliphatic carbocycles. The van der Waals surface area contributed by atoms with Gasteiger partial charge in [0.1, 0.15) is 5.82 Å². The zero-order valence-electron chi connectivity index (χ0n) is 7.84. The summed E-state index contributed by atoms with van der Waals surface area (Å²) in [7, 11) is 0. The fourth-order valence-electron chi connectivity index (χ4n) is 1.21. The fourth-order valence-corrected chi connectivity index (χ4v) is 1.66. The van der Waals surface area contributed by atoms with E-state index in [1.165, 1.54) is 12.1 Å². The van der Waals surface area contributed by atoms with Gasteiger partial charge < -0.3 is 11.5 Å². The third-order valence-corrected chi connectivity index (χ3v) is 2.75. The molecule has 0 heterocycles. The van der Waals surface area contributed by atoms with Crippen LogP contribution in [0.4, 0.5) is 4.39 Å². The Morgan fingerprint density at radius 2 is 1.93 bits per heavy atom. The van der Waals surface area contributed by atoms with E-state index in [1.54, 1.807) is 0 Å². The second-order valence-electron chi connectivity index (χ2n) is 2.94. The summed E-state index contributed by atoms with van der Waals surface area (Å²) in [5, 5.41) is 0.475. The van der Waals surface area contributed by atoms with Crippen LogP contribution < -0.4 is 11.5 Å². The van der Waals surface area contributed by atoms with E-state index < -0.39 is 11.9 Å². The Balaban J connectivity index is 0.00000196. The van der Waals surface area contributed by atoms with E-state index in [9.17, 15) is 4.39 Å². The molecule has 0 amide bonds. The summed E-state index contributed by atoms with van der Waals surface area (Å²) in [5.41, 5.74) is 11.3. The first kappa shape index (κ1) is 14.9. The number of halogens is 4. The van der Waals surface area contributed by atoms with Gasteiger partial charge in [0, 0.05) is 11.6 Å². The molecule has 2 nitrogen and oxygen atoms in total. The lowest BCUT2D eigenvalue weighted by molar-refractivity contribution is 0.567. The summed E-state index contributed by atoms with van der Waals surface area (Å²) in [6, 6.07) is 2.14. The first-order valence-corrected chi connectivity index (χ1v) is 4.92. The molecular weight excluding hydrogens is 261 g/mol. The minimum absolute atomic E-state index is 0. The van der Waals surface area contributed by atoms with Crippen molar-refractivity contribution < 1.29 is 4.39 Å². The van der Waals surface area contributed by atoms with Crippen molar-refractivity contribution in [1.82, 2.24) is 0 Å². The van der Waals surface area contributed by atoms with Gasteiger partial charge in [-0.3, -0.25) is 0 Å². The lowest BCUT2D eigenvalue weighted by atomic mass is 10.0. The Morgan fingerprint density at radius 1 is 1.33 bits per heavy atom. The van der Waals surface area contributed by atoms with Crippen LogP contribution in [0.3, 0.4) is 0 Å². The van der Waals surface area contributed by atoms with Crippen molar-refractivity contribution in [2.24, 2.45) is 11.5 Å². The van der Waals surface area contributed by atoms with E-state index in [4.69, 9.17) is 34.7 Å². The van der Waals surface area contributed by atoms with Gasteiger partial charge in [-0.15, -0.1) is 12.4 Å². The van der Waals surface area contributed by atoms with Gasteiger partial charge in [0.25, 0.3) is 0 Å². The lowest BCUT2D eigenvalue weighted by Gasteiger charge is -2.14. The molecule has 1 aromatic carbocycles. The second-order valence-corrected chi connectivity index (χ2v) is 3.73. The van der Waals surface area contributed by atoms with Gasteiger partial charge >= 0.3 is 0 Å². The number of rotatable bonds is 3. The monoisotopic (exact) mass is 272 g/mol. The SMILES string of the molecule is Cl.NCC[C@H](N)c1c(F)ccc(Cl)c1Cl. The van der Waals surface area contributed by atoms with Crippen LogP contribution >= 0.6 is 35.6 Å². The van der Waals surface area contributed by atoms with Crippen molar-refractivity contribution in [1.29, 1.82) is 0 Å². The van der Waals surface area contributed by atoms with E-state index in [-0.39, 0.29) is 23.0 Å². The predicted octanol–water partition coefficient (Wildman–Crippen LogP) is 2.90. The Morgan fingerprint density at radius 3 is 2.47 bits per heavy atom. The predicted molar refractivity (Wildman–Crippen MR) is 64.3 cm³/mol. The molecule has 0 unspecified atom stereocenters. The maximum absolute atomic E-state index is 13.3. The molecule has 6 heteroatoms. The molecule has 0 aliphatic rings. The van der Waals surface area contributed by atoms with Gasteiger partial charge in [0.2, 0.25) is 0 Å². The summed E-state index contributed by atoms with van der Waals surface area (Å²) in [4.78, 5) is 0. The highest BCUT2D eigenvalue weighted by atomic mass is 35.5. The Labute approximate surface area is 104 Å². The van der Waals surface area contributed by atoms with Crippen molar-refractivity contribution in [3.8, 4) is 0 Å². The summed E-state index contributed by atoms with van der Waals surface area (Å²) in [5.74, 6) is -0.444. The number of nitrogens with two attached hydrogens (primary N) is 2. The lowest BCUT2D eigenvalue weighted by Crippen LogP contribution is -2.17. The largest absolute Gasteiger partial charge is 0.330 e. The normalized spacial score (nSPS) is 12.1. The maximum Gasteiger partial charge on any atom is 0.129 e. The van der Waals surface area contributed by atoms with E-state index in [0.717, 1.165) is 0 Å². The molecule has 0 saturated carbocycles. The zero-order valence-corrected chi connectivity index (χ0v) is 10.2. The van der Waals surface area contributed by atoms with Crippen LogP contribution in [-0.2, 0) is 0 Å². The average molecular weight is 274 g/mol. The van der Waals surface area contributed by atoms with Gasteiger partial charge in [0.05, 0.1) is 10.0 Å². The van der Waals surface area contributed by atoms with E-state index in [0.29, 0.717) is 18.0 Å². The van der Waals surface area contributed by atoms with Crippen molar-refractivity contribution >= 4 is 35.6 Å². The van der Waals surface area contributed by atoms with Gasteiger partial charge in [0.15, 0.2) is 0 Å². The Kier molecular flexibility index (Phi) is 6.48. The van der Waals surface area contributed by atoms with E-state index >= 15 is 0 Å². The van der Waals surface area contributed by atoms with Gasteiger partial charge in [-0.05, 0) is 25.1 Å². The smallest absolute Gasteiger partial charge is 0.129 e. The molecule has 4 N–H and O–H groups in total. The quantitative estimate of drug-likeness (QED) is 0.832. The first-order chi connectivity index (χ1) is 6.57. The van der Waals surface area contributed by atoms with Crippen LogP contribution in [0.15, 0.2) is 12.1 Å². The second kappa shape index (κ2) is 6.51. The van der Waals surface area contributed by atoms with Gasteiger partial charge in [-0.2, -0.15) is 0 Å². The van der Waals surface area contributed by atoms with E-state index in [2.05, 4.69) is 0 Å². The number of hydrogen-bond acceptors (Lipinski definition) is 2. The van der Waals surface area contributed by atoms with Crippen molar-refractivity contribution in [3.63, 3.8) is 0 Å². The molecule has 0 aliphatic heterocycles. The van der Waals surface area contributed by atoms with Crippen molar-refractivity contribution in [2.75, 3.05) is 6.54 Å². The van der Waals surface area contributed by atoms with Crippen LogP contribution in [0.1, 0.15) is 18.0 Å². The molecule has 0 bridgehead atoms. The fraction of sp³-hybridized carbons (Fsp3) is 0.333. The molecular formula is C9H12Cl3FN2. The van der Waals surface area contributed by atoms with Crippen LogP contribution in [0.2, 0.25) is 10.0 Å². The minimum atomic E-state index is -0.508. The first-order valence-electron chi connectivity index (χ1n) is 4.17. The topological polar surface area (TPSA) is 52.0 Å². The molecule has 1 aromatic rings. The standard InChI is InChI=1S/C9H11Cl2FN2.ClH/c10-5-1-2-6(12)8(9(5)11)7(14)3-4-13;/h1-2,7H,3-4,13-14H2;1H/t7-;/m0./s1. The highest BCUT2D eigenvalue weighted by molar-refractivity contribution is 6.42. The molecule has 1 atom stereocenters. The van der Waals surface area contributed by atoms with Gasteiger partial charge in [-0.25, -0.2) is 4.39 Å². The van der Waals surface area contributed by atoms with Gasteiger partial charge in [-0.1, -0.05) is 23.2 Å². The average Bonchev–Trinajstić information content (AvgIpc) is 2.13. The highest BCUT2D eigenvalue weighted by Crippen LogP contribution is 2.32. The summed E-state index contributed by atoms with van der Waals surface area (Å²) >= 11 is 11.6. The zero-order chi connectivity index (χ0) is 10.7. The molecule has 86 valence electrons. The van der Waals surface area contributed by atoms with Crippen LogP contribution in [-0.4, -0.2) is 6.54 Å². The van der Waals surface area contributed by atoms with E-state index in [1.807, 2.05) is 0 Å². The molecule has 0 radical (unpaired) electrons. The van der Waals surface area contributed by atoms with Crippen LogP contribution in [0.5, 0.6) is 0 Å². The Hall–Kier alpha value is -0.0600. The third kappa shape index (κ3) is 3.47. The summed E-state index contributed by atoms with van der Waals surface area (Å²) < 4.78 is 13.3. The molecule has 15 heavy (non-hydrogen) atoms. The highest BCUT2D eigenvalue weighted by Gasteiger charge is 2.16. The maximum atomic E-state index is 13.3. The van der Waals surface area contributed by atoms with Crippen LogP contribution in [0, 0.1) is 5.82 Å².